The minimum absolute atomic E-state index is 0.0584. The fourth-order valence-corrected chi connectivity index (χ4v) is 4.06. The Morgan fingerprint density at radius 3 is 2.02 bits per heavy atom. The van der Waals surface area contributed by atoms with Crippen LogP contribution >= 0.6 is 0 Å². The summed E-state index contributed by atoms with van der Waals surface area (Å²) in [4.78, 5) is 24.6. The van der Waals surface area contributed by atoms with E-state index in [1.54, 1.807) is 19.1 Å². The highest BCUT2D eigenvalue weighted by Crippen LogP contribution is 2.53. The minimum atomic E-state index is -7.11. The number of benzene rings is 1. The van der Waals surface area contributed by atoms with Gasteiger partial charge in [-0.25, -0.2) is 9.59 Å². The van der Waals surface area contributed by atoms with Crippen LogP contribution in [0.3, 0.4) is 0 Å². The minimum Gasteiger partial charge on any atom is -0.492 e. The topological polar surface area (TPSA) is 94.5 Å². The molecule has 2 rings (SSSR count). The zero-order valence-electron chi connectivity index (χ0n) is 23.0. The van der Waals surface area contributed by atoms with E-state index in [-0.39, 0.29) is 25.4 Å². The predicted octanol–water partition coefficient (Wildman–Crippen LogP) is 6.31. The lowest BCUT2D eigenvalue weighted by atomic mass is 9.98. The van der Waals surface area contributed by atoms with Crippen molar-refractivity contribution in [2.75, 3.05) is 32.9 Å². The van der Waals surface area contributed by atoms with Crippen LogP contribution in [-0.2, 0) is 25.4 Å². The van der Waals surface area contributed by atoms with Gasteiger partial charge in [0.05, 0.1) is 13.2 Å². The van der Waals surface area contributed by atoms with Crippen molar-refractivity contribution in [1.29, 1.82) is 0 Å². The number of nitrogens with zero attached hydrogens (tertiary/aromatic N) is 1. The molecule has 1 aliphatic rings. The van der Waals surface area contributed by atoms with Gasteiger partial charge in [0.25, 0.3) is 0 Å². The van der Waals surface area contributed by atoms with E-state index in [4.69, 9.17) is 14.2 Å². The average molecular weight is 642 g/mol. The summed E-state index contributed by atoms with van der Waals surface area (Å²) in [5.74, 6) is -15.0. The Morgan fingerprint density at radius 2 is 1.49 bits per heavy atom. The Morgan fingerprint density at radius 1 is 0.907 bits per heavy atom. The maximum Gasteiger partial charge on any atom is 0.460 e. The highest BCUT2D eigenvalue weighted by Gasteiger charge is 2.82. The highest BCUT2D eigenvalue weighted by molar-refractivity contribution is 5.72. The molecule has 0 aliphatic heterocycles. The van der Waals surface area contributed by atoms with Gasteiger partial charge in [-0.3, -0.25) is 0 Å². The Kier molecular flexibility index (Phi) is 12.8. The van der Waals surface area contributed by atoms with Gasteiger partial charge in [-0.05, 0) is 50.3 Å². The van der Waals surface area contributed by atoms with E-state index in [1.807, 2.05) is 0 Å². The summed E-state index contributed by atoms with van der Waals surface area (Å²) in [6.45, 7) is -1.37. The van der Waals surface area contributed by atoms with E-state index >= 15 is 0 Å². The molecule has 0 bridgehead atoms. The molecule has 0 radical (unpaired) electrons. The van der Waals surface area contributed by atoms with Crippen LogP contribution in [-0.4, -0.2) is 91.3 Å². The lowest BCUT2D eigenvalue weighted by Gasteiger charge is -2.33. The van der Waals surface area contributed by atoms with Crippen LogP contribution in [0.1, 0.15) is 44.6 Å². The standard InChI is InChI=1S/C26H32F9NO7/c1-2-40-20(21(37)38)16-17-8-10-18(11-9-17)41-14-12-36(22(39)43-19-6-4-3-5-7-19)13-15-42-26(34,35)24(29,30)23(27,28)25(31,32)33/h8-11,19-20H,2-7,12-16H2,1H3,(H,37,38). The fourth-order valence-electron chi connectivity index (χ4n) is 4.06. The van der Waals surface area contributed by atoms with E-state index in [2.05, 4.69) is 4.74 Å². The van der Waals surface area contributed by atoms with Crippen molar-refractivity contribution in [2.24, 2.45) is 0 Å². The first-order chi connectivity index (χ1) is 19.9. The van der Waals surface area contributed by atoms with Gasteiger partial charge in [0, 0.05) is 19.6 Å². The fraction of sp³-hybridized carbons (Fsp3) is 0.692. The Balaban J connectivity index is 2.03. The molecule has 1 N–H and O–H groups in total. The van der Waals surface area contributed by atoms with Gasteiger partial charge in [-0.1, -0.05) is 18.6 Å². The molecule has 1 aromatic carbocycles. The molecule has 43 heavy (non-hydrogen) atoms. The van der Waals surface area contributed by atoms with Crippen LogP contribution in [0.25, 0.3) is 0 Å². The second-order valence-corrected chi connectivity index (χ2v) is 9.62. The van der Waals surface area contributed by atoms with Crippen molar-refractivity contribution in [3.63, 3.8) is 0 Å². The number of carboxylic acids is 1. The molecule has 1 amide bonds. The van der Waals surface area contributed by atoms with Gasteiger partial charge in [0.1, 0.15) is 18.5 Å². The average Bonchev–Trinajstić information content (AvgIpc) is 2.92. The molecule has 246 valence electrons. The molecule has 1 aliphatic carbocycles. The number of rotatable bonds is 16. The summed E-state index contributed by atoms with van der Waals surface area (Å²) in [5, 5.41) is 9.19. The van der Waals surface area contributed by atoms with Crippen molar-refractivity contribution < 1.29 is 73.2 Å². The molecule has 0 heterocycles. The van der Waals surface area contributed by atoms with Crippen molar-refractivity contribution in [3.8, 4) is 5.75 Å². The molecule has 0 saturated heterocycles. The molecule has 0 spiro atoms. The van der Waals surface area contributed by atoms with Crippen molar-refractivity contribution in [2.45, 2.75) is 81.8 Å². The molecule has 1 aromatic rings. The molecule has 8 nitrogen and oxygen atoms in total. The van der Waals surface area contributed by atoms with Crippen LogP contribution in [0.15, 0.2) is 24.3 Å². The van der Waals surface area contributed by atoms with Crippen LogP contribution < -0.4 is 4.74 Å². The number of carbonyl (C=O) groups excluding carboxylic acids is 1. The third-order valence-corrected chi connectivity index (χ3v) is 6.46. The van der Waals surface area contributed by atoms with Crippen LogP contribution in [0, 0.1) is 0 Å². The van der Waals surface area contributed by atoms with Crippen molar-refractivity contribution in [1.82, 2.24) is 4.90 Å². The number of carbonyl (C=O) groups is 2. The maximum atomic E-state index is 13.8. The molecule has 1 fully saturated rings. The SMILES string of the molecule is CCOC(Cc1ccc(OCCN(CCOC(F)(F)C(F)(F)C(F)(F)C(F)(F)F)C(=O)OC2CCCCC2)cc1)C(=O)O. The highest BCUT2D eigenvalue weighted by atomic mass is 19.4. The van der Waals surface area contributed by atoms with Gasteiger partial charge in [0.15, 0.2) is 6.10 Å². The summed E-state index contributed by atoms with van der Waals surface area (Å²) in [5.41, 5.74) is 0.594. The second-order valence-electron chi connectivity index (χ2n) is 9.62. The number of ether oxygens (including phenoxy) is 4. The summed E-state index contributed by atoms with van der Waals surface area (Å²) in [6, 6.07) is 6.04. The van der Waals surface area contributed by atoms with Gasteiger partial charge < -0.3 is 29.0 Å². The molecular formula is C26H32F9NO7. The smallest absolute Gasteiger partial charge is 0.460 e. The summed E-state index contributed by atoms with van der Waals surface area (Å²) in [7, 11) is 0. The number of aliphatic carboxylic acids is 1. The van der Waals surface area contributed by atoms with Gasteiger partial charge >= 0.3 is 36.2 Å². The van der Waals surface area contributed by atoms with Crippen LogP contribution in [0.5, 0.6) is 5.75 Å². The lowest BCUT2D eigenvalue weighted by molar-refractivity contribution is -0.443. The third-order valence-electron chi connectivity index (χ3n) is 6.46. The Hall–Kier alpha value is -2.95. The zero-order valence-corrected chi connectivity index (χ0v) is 23.0. The van der Waals surface area contributed by atoms with E-state index < -0.39 is 68.1 Å². The monoisotopic (exact) mass is 641 g/mol. The summed E-state index contributed by atoms with van der Waals surface area (Å²) < 4.78 is 137. The second kappa shape index (κ2) is 15.2. The molecule has 1 unspecified atom stereocenters. The molecule has 1 atom stereocenters. The largest absolute Gasteiger partial charge is 0.492 e. The van der Waals surface area contributed by atoms with Crippen LogP contribution in [0.4, 0.5) is 44.3 Å². The van der Waals surface area contributed by atoms with Crippen molar-refractivity contribution in [3.05, 3.63) is 29.8 Å². The quantitative estimate of drug-likeness (QED) is 0.212. The van der Waals surface area contributed by atoms with Crippen molar-refractivity contribution >= 4 is 12.1 Å². The number of carboxylic acid groups (broad SMARTS) is 1. The first-order valence-corrected chi connectivity index (χ1v) is 13.3. The molecule has 1 saturated carbocycles. The molecular weight excluding hydrogens is 609 g/mol. The van der Waals surface area contributed by atoms with E-state index in [0.29, 0.717) is 23.3 Å². The van der Waals surface area contributed by atoms with Gasteiger partial charge in [0.2, 0.25) is 0 Å². The number of hydrogen-bond acceptors (Lipinski definition) is 6. The number of hydrogen-bond donors (Lipinski definition) is 1. The first kappa shape index (κ1) is 36.2. The molecule has 0 aromatic heterocycles. The normalized spacial score (nSPS) is 16.0. The molecule has 17 heteroatoms. The zero-order chi connectivity index (χ0) is 32.5. The maximum absolute atomic E-state index is 13.8. The Labute approximate surface area is 241 Å². The summed E-state index contributed by atoms with van der Waals surface area (Å²) >= 11 is 0. The van der Waals surface area contributed by atoms with E-state index in [9.17, 15) is 54.2 Å². The number of halogens is 9. The van der Waals surface area contributed by atoms with Crippen LogP contribution in [0.2, 0.25) is 0 Å². The number of amides is 1. The number of alkyl halides is 9. The Bertz CT molecular complexity index is 1030. The first-order valence-electron chi connectivity index (χ1n) is 13.3. The van der Waals surface area contributed by atoms with Gasteiger partial charge in [-0.2, -0.15) is 39.5 Å². The summed E-state index contributed by atoms with van der Waals surface area (Å²) in [6.07, 6.45) is -12.5. The third kappa shape index (κ3) is 9.78. The lowest BCUT2D eigenvalue weighted by Crippen LogP contribution is -2.62. The van der Waals surface area contributed by atoms with E-state index in [1.165, 1.54) is 12.1 Å². The van der Waals surface area contributed by atoms with Gasteiger partial charge in [-0.15, -0.1) is 0 Å². The van der Waals surface area contributed by atoms with E-state index in [0.717, 1.165) is 19.3 Å². The predicted molar refractivity (Wildman–Crippen MR) is 130 cm³/mol.